The molecule has 0 bridgehead atoms. The van der Waals surface area contributed by atoms with Gasteiger partial charge in [-0.25, -0.2) is 0 Å². The summed E-state index contributed by atoms with van der Waals surface area (Å²) in [6.45, 7) is 1.67. The summed E-state index contributed by atoms with van der Waals surface area (Å²) in [5.74, 6) is 0.337. The standard InChI is InChI=1S/C16H20N2O3/c1-18-10-16(21-11-13-5-3-2-4-6-13)15(19)9-14(18)12-20-8-7-17/h2-6,9-10H,7-8,11-12,17H2,1H3. The van der Waals surface area contributed by atoms with Gasteiger partial charge in [0.15, 0.2) is 5.75 Å². The van der Waals surface area contributed by atoms with Crippen LogP contribution in [0.25, 0.3) is 0 Å². The van der Waals surface area contributed by atoms with E-state index in [1.807, 2.05) is 41.9 Å². The van der Waals surface area contributed by atoms with E-state index in [1.165, 1.54) is 6.07 Å². The molecule has 0 aliphatic carbocycles. The van der Waals surface area contributed by atoms with E-state index in [0.717, 1.165) is 11.3 Å². The molecule has 112 valence electrons. The lowest BCUT2D eigenvalue weighted by molar-refractivity contribution is 0.123. The molecule has 2 N–H and O–H groups in total. The number of pyridine rings is 1. The van der Waals surface area contributed by atoms with Gasteiger partial charge in [0.2, 0.25) is 5.43 Å². The van der Waals surface area contributed by atoms with Gasteiger partial charge in [0.1, 0.15) is 6.61 Å². The Hall–Kier alpha value is -2.11. The van der Waals surface area contributed by atoms with Crippen LogP contribution in [0.1, 0.15) is 11.3 Å². The molecule has 1 aromatic heterocycles. The van der Waals surface area contributed by atoms with Gasteiger partial charge in [0.25, 0.3) is 0 Å². The molecule has 0 amide bonds. The largest absolute Gasteiger partial charge is 0.483 e. The molecule has 5 nitrogen and oxygen atoms in total. The first-order valence-corrected chi connectivity index (χ1v) is 6.85. The average molecular weight is 288 g/mol. The third kappa shape index (κ3) is 4.44. The molecule has 5 heteroatoms. The molecule has 0 unspecified atom stereocenters. The van der Waals surface area contributed by atoms with E-state index in [4.69, 9.17) is 15.2 Å². The van der Waals surface area contributed by atoms with Crippen LogP contribution in [0.15, 0.2) is 47.4 Å². The van der Waals surface area contributed by atoms with Crippen LogP contribution >= 0.6 is 0 Å². The van der Waals surface area contributed by atoms with Crippen molar-refractivity contribution in [3.05, 3.63) is 64.1 Å². The summed E-state index contributed by atoms with van der Waals surface area (Å²) in [4.78, 5) is 12.0. The highest BCUT2D eigenvalue weighted by Gasteiger charge is 2.06. The molecule has 0 fully saturated rings. The highest BCUT2D eigenvalue weighted by Crippen LogP contribution is 2.09. The van der Waals surface area contributed by atoms with Crippen molar-refractivity contribution in [2.75, 3.05) is 13.2 Å². The summed E-state index contributed by atoms with van der Waals surface area (Å²) in [6.07, 6.45) is 1.69. The molecule has 0 spiro atoms. The molecule has 2 rings (SSSR count). The van der Waals surface area contributed by atoms with Crippen molar-refractivity contribution in [2.45, 2.75) is 13.2 Å². The smallest absolute Gasteiger partial charge is 0.223 e. The molecule has 1 heterocycles. The SMILES string of the molecule is Cn1cc(OCc2ccccc2)c(=O)cc1COCCN. The van der Waals surface area contributed by atoms with E-state index >= 15 is 0 Å². The number of hydrogen-bond donors (Lipinski definition) is 1. The van der Waals surface area contributed by atoms with Gasteiger partial charge in [-0.3, -0.25) is 4.79 Å². The average Bonchev–Trinajstić information content (AvgIpc) is 2.50. The lowest BCUT2D eigenvalue weighted by Gasteiger charge is -2.12. The Kier molecular flexibility index (Phi) is 5.54. The van der Waals surface area contributed by atoms with Gasteiger partial charge in [-0.15, -0.1) is 0 Å². The van der Waals surface area contributed by atoms with Crippen molar-refractivity contribution in [3.8, 4) is 5.75 Å². The summed E-state index contributed by atoms with van der Waals surface area (Å²) in [7, 11) is 1.86. The van der Waals surface area contributed by atoms with E-state index in [1.54, 1.807) is 6.20 Å². The molecule has 2 aromatic rings. The Labute approximate surface area is 123 Å². The van der Waals surface area contributed by atoms with Crippen LogP contribution in [-0.2, 0) is 25.0 Å². The first kappa shape index (κ1) is 15.3. The first-order chi connectivity index (χ1) is 10.2. The molecule has 0 aliphatic heterocycles. The normalized spacial score (nSPS) is 10.6. The first-order valence-electron chi connectivity index (χ1n) is 6.85. The molecule has 0 atom stereocenters. The van der Waals surface area contributed by atoms with E-state index < -0.39 is 0 Å². The minimum atomic E-state index is -0.143. The number of aryl methyl sites for hydroxylation is 1. The van der Waals surface area contributed by atoms with Crippen LogP contribution in [0.2, 0.25) is 0 Å². The summed E-state index contributed by atoms with van der Waals surface area (Å²) in [5, 5.41) is 0. The van der Waals surface area contributed by atoms with Crippen LogP contribution in [0.3, 0.4) is 0 Å². The minimum absolute atomic E-state index is 0.143. The highest BCUT2D eigenvalue weighted by molar-refractivity contribution is 5.22. The number of ether oxygens (including phenoxy) is 2. The fourth-order valence-corrected chi connectivity index (χ4v) is 1.89. The van der Waals surface area contributed by atoms with E-state index in [0.29, 0.717) is 32.1 Å². The summed E-state index contributed by atoms with van der Waals surface area (Å²) < 4.78 is 12.8. The summed E-state index contributed by atoms with van der Waals surface area (Å²) >= 11 is 0. The monoisotopic (exact) mass is 288 g/mol. The molecule has 0 saturated heterocycles. The Balaban J connectivity index is 2.04. The maximum Gasteiger partial charge on any atom is 0.223 e. The van der Waals surface area contributed by atoms with Crippen molar-refractivity contribution in [1.29, 1.82) is 0 Å². The summed E-state index contributed by atoms with van der Waals surface area (Å²) in [5.41, 5.74) is 7.04. The van der Waals surface area contributed by atoms with E-state index in [2.05, 4.69) is 0 Å². The molecule has 21 heavy (non-hydrogen) atoms. The maximum absolute atomic E-state index is 12.0. The third-order valence-electron chi connectivity index (χ3n) is 3.05. The Morgan fingerprint density at radius 3 is 2.67 bits per heavy atom. The molecule has 0 saturated carbocycles. The quantitative estimate of drug-likeness (QED) is 0.783. The molecular weight excluding hydrogens is 268 g/mol. The van der Waals surface area contributed by atoms with Crippen molar-refractivity contribution in [1.82, 2.24) is 4.57 Å². The zero-order valence-corrected chi connectivity index (χ0v) is 12.1. The van der Waals surface area contributed by atoms with Gasteiger partial charge in [0, 0.05) is 25.4 Å². The highest BCUT2D eigenvalue weighted by atomic mass is 16.5. The molecule has 1 aromatic carbocycles. The fourth-order valence-electron chi connectivity index (χ4n) is 1.89. The second-order valence-electron chi connectivity index (χ2n) is 4.72. The predicted molar refractivity (Wildman–Crippen MR) is 81.2 cm³/mol. The number of benzene rings is 1. The van der Waals surface area contributed by atoms with Crippen LogP contribution < -0.4 is 15.9 Å². The second-order valence-corrected chi connectivity index (χ2v) is 4.72. The predicted octanol–water partition coefficient (Wildman–Crippen LogP) is 1.44. The lowest BCUT2D eigenvalue weighted by atomic mass is 10.2. The van der Waals surface area contributed by atoms with Crippen molar-refractivity contribution in [3.63, 3.8) is 0 Å². The van der Waals surface area contributed by atoms with Crippen LogP contribution in [0, 0.1) is 0 Å². The van der Waals surface area contributed by atoms with Gasteiger partial charge in [-0.2, -0.15) is 0 Å². The van der Waals surface area contributed by atoms with Gasteiger partial charge in [-0.1, -0.05) is 30.3 Å². The summed E-state index contributed by atoms with van der Waals surface area (Å²) in [6, 6.07) is 11.3. The number of nitrogens with two attached hydrogens (primary N) is 1. The molecular formula is C16H20N2O3. The number of nitrogens with zero attached hydrogens (tertiary/aromatic N) is 1. The van der Waals surface area contributed by atoms with E-state index in [-0.39, 0.29) is 5.43 Å². The van der Waals surface area contributed by atoms with Gasteiger partial charge in [-0.05, 0) is 5.56 Å². The van der Waals surface area contributed by atoms with Gasteiger partial charge >= 0.3 is 0 Å². The minimum Gasteiger partial charge on any atom is -0.483 e. The van der Waals surface area contributed by atoms with Crippen molar-refractivity contribution in [2.24, 2.45) is 12.8 Å². The second kappa shape index (κ2) is 7.61. The lowest BCUT2D eigenvalue weighted by Crippen LogP contribution is -2.15. The topological polar surface area (TPSA) is 66.5 Å². The number of hydrogen-bond acceptors (Lipinski definition) is 4. The Morgan fingerprint density at radius 1 is 1.19 bits per heavy atom. The molecule has 0 aliphatic rings. The van der Waals surface area contributed by atoms with Crippen LogP contribution in [-0.4, -0.2) is 17.7 Å². The third-order valence-corrected chi connectivity index (χ3v) is 3.05. The Morgan fingerprint density at radius 2 is 1.95 bits per heavy atom. The van der Waals surface area contributed by atoms with Gasteiger partial charge in [0.05, 0.1) is 19.4 Å². The van der Waals surface area contributed by atoms with Crippen molar-refractivity contribution < 1.29 is 9.47 Å². The zero-order chi connectivity index (χ0) is 15.1. The Bertz CT molecular complexity index is 623. The maximum atomic E-state index is 12.0. The van der Waals surface area contributed by atoms with Crippen LogP contribution in [0.4, 0.5) is 0 Å². The number of rotatable bonds is 7. The zero-order valence-electron chi connectivity index (χ0n) is 12.1. The number of aromatic nitrogens is 1. The van der Waals surface area contributed by atoms with E-state index in [9.17, 15) is 4.79 Å². The van der Waals surface area contributed by atoms with Crippen LogP contribution in [0.5, 0.6) is 5.75 Å². The fraction of sp³-hybridized carbons (Fsp3) is 0.312. The molecule has 0 radical (unpaired) electrons. The van der Waals surface area contributed by atoms with Crippen molar-refractivity contribution >= 4 is 0 Å². The van der Waals surface area contributed by atoms with Gasteiger partial charge < -0.3 is 19.8 Å².